The Kier molecular flexibility index (Phi) is 1.89. The summed E-state index contributed by atoms with van der Waals surface area (Å²) in [5.41, 5.74) is 1.35. The Bertz CT molecular complexity index is 255. The summed E-state index contributed by atoms with van der Waals surface area (Å²) in [5, 5.41) is 0. The van der Waals surface area contributed by atoms with Gasteiger partial charge >= 0.3 is 0 Å². The summed E-state index contributed by atoms with van der Waals surface area (Å²) in [6.07, 6.45) is 0.340. The van der Waals surface area contributed by atoms with Gasteiger partial charge in [0, 0.05) is 13.0 Å². The van der Waals surface area contributed by atoms with Gasteiger partial charge in [-0.2, -0.15) is 0 Å². The number of methoxy groups -OCH3 is 1. The van der Waals surface area contributed by atoms with Crippen LogP contribution in [0.2, 0.25) is 0 Å². The van der Waals surface area contributed by atoms with E-state index in [1.165, 1.54) is 5.56 Å². The average molecular weight is 161 g/mol. The fourth-order valence-electron chi connectivity index (χ4n) is 1.78. The molecule has 1 aliphatic rings. The highest BCUT2D eigenvalue weighted by Crippen LogP contribution is 2.48. The zero-order chi connectivity index (χ0) is 8.55. The summed E-state index contributed by atoms with van der Waals surface area (Å²) in [6.45, 7) is 4.04. The van der Waals surface area contributed by atoms with E-state index in [9.17, 15) is 0 Å². The quantitative estimate of drug-likeness (QED) is 0.646. The van der Waals surface area contributed by atoms with Crippen molar-refractivity contribution in [2.75, 3.05) is 7.11 Å². The second-order valence-corrected chi connectivity index (χ2v) is 3.30. The Morgan fingerprint density at radius 1 is 1.25 bits per heavy atom. The first-order valence-corrected chi connectivity index (χ1v) is 4.25. The molecular formula is C11H13O. The van der Waals surface area contributed by atoms with Crippen LogP contribution in [0, 0.1) is 12.8 Å². The van der Waals surface area contributed by atoms with Gasteiger partial charge in [-0.15, -0.1) is 0 Å². The Hall–Kier alpha value is -0.820. The molecular weight excluding hydrogens is 148 g/mol. The van der Waals surface area contributed by atoms with Crippen LogP contribution in [0.3, 0.4) is 0 Å². The lowest BCUT2D eigenvalue weighted by atomic mass is 10.1. The fraction of sp³-hybridized carbons (Fsp3) is 0.364. The van der Waals surface area contributed by atoms with Crippen molar-refractivity contribution in [1.29, 1.82) is 0 Å². The van der Waals surface area contributed by atoms with Crippen LogP contribution in [0.25, 0.3) is 0 Å². The lowest BCUT2D eigenvalue weighted by Gasteiger charge is -1.97. The summed E-state index contributed by atoms with van der Waals surface area (Å²) in [5.74, 6) is 0.966. The molecule has 1 aromatic rings. The normalized spacial score (nSPS) is 33.3. The van der Waals surface area contributed by atoms with Crippen molar-refractivity contribution in [3.05, 3.63) is 42.8 Å². The third-order valence-corrected chi connectivity index (χ3v) is 2.55. The molecule has 0 bridgehead atoms. The Balaban J connectivity index is 2.14. The molecule has 0 aliphatic heterocycles. The van der Waals surface area contributed by atoms with E-state index in [1.54, 1.807) is 7.11 Å². The van der Waals surface area contributed by atoms with Gasteiger partial charge in [0.25, 0.3) is 0 Å². The van der Waals surface area contributed by atoms with E-state index in [-0.39, 0.29) is 0 Å². The first-order chi connectivity index (χ1) is 5.84. The highest BCUT2D eigenvalue weighted by molar-refractivity contribution is 5.29. The van der Waals surface area contributed by atoms with E-state index in [4.69, 9.17) is 4.74 Å². The summed E-state index contributed by atoms with van der Waals surface area (Å²) < 4.78 is 5.28. The van der Waals surface area contributed by atoms with E-state index in [0.29, 0.717) is 17.9 Å². The molecule has 1 aliphatic carbocycles. The number of hydrogen-bond donors (Lipinski definition) is 0. The number of ether oxygens (including phenoxy) is 1. The second-order valence-electron chi connectivity index (χ2n) is 3.30. The van der Waals surface area contributed by atoms with Crippen LogP contribution >= 0.6 is 0 Å². The first-order valence-electron chi connectivity index (χ1n) is 4.25. The lowest BCUT2D eigenvalue weighted by molar-refractivity contribution is 0.170. The van der Waals surface area contributed by atoms with Crippen molar-refractivity contribution < 1.29 is 4.74 Å². The molecule has 0 unspecified atom stereocenters. The van der Waals surface area contributed by atoms with Gasteiger partial charge in [-0.1, -0.05) is 30.3 Å². The number of rotatable bonds is 2. The van der Waals surface area contributed by atoms with Gasteiger partial charge in [0.15, 0.2) is 0 Å². The minimum Gasteiger partial charge on any atom is -0.380 e. The maximum absolute atomic E-state index is 5.28. The van der Waals surface area contributed by atoms with Crippen LogP contribution in [0.4, 0.5) is 0 Å². The van der Waals surface area contributed by atoms with Gasteiger partial charge in [-0.05, 0) is 18.4 Å². The monoisotopic (exact) mass is 161 g/mol. The van der Waals surface area contributed by atoms with Crippen molar-refractivity contribution in [2.45, 2.75) is 12.0 Å². The maximum Gasteiger partial charge on any atom is 0.0678 e. The summed E-state index contributed by atoms with van der Waals surface area (Å²) in [4.78, 5) is 0. The predicted molar refractivity (Wildman–Crippen MR) is 48.8 cm³/mol. The van der Waals surface area contributed by atoms with Gasteiger partial charge in [-0.25, -0.2) is 0 Å². The highest BCUT2D eigenvalue weighted by Gasteiger charge is 2.47. The highest BCUT2D eigenvalue weighted by atomic mass is 16.5. The maximum atomic E-state index is 5.28. The van der Waals surface area contributed by atoms with E-state index in [2.05, 4.69) is 31.2 Å². The second kappa shape index (κ2) is 2.91. The molecule has 0 saturated heterocycles. The van der Waals surface area contributed by atoms with Crippen LogP contribution in [0.1, 0.15) is 11.5 Å². The van der Waals surface area contributed by atoms with Crippen molar-refractivity contribution in [1.82, 2.24) is 0 Å². The fourth-order valence-corrected chi connectivity index (χ4v) is 1.78. The smallest absolute Gasteiger partial charge is 0.0678 e. The first kappa shape index (κ1) is 7.81. The van der Waals surface area contributed by atoms with Gasteiger partial charge < -0.3 is 4.74 Å². The SMILES string of the molecule is [CH2][C@@H]1[C@@H](OC)[C@H]1c1ccccc1. The molecule has 0 N–H and O–H groups in total. The Morgan fingerprint density at radius 2 is 1.92 bits per heavy atom. The third-order valence-electron chi connectivity index (χ3n) is 2.55. The van der Waals surface area contributed by atoms with E-state index in [1.807, 2.05) is 6.07 Å². The van der Waals surface area contributed by atoms with Crippen LogP contribution < -0.4 is 0 Å². The van der Waals surface area contributed by atoms with Gasteiger partial charge in [0.1, 0.15) is 0 Å². The minimum absolute atomic E-state index is 0.340. The molecule has 1 nitrogen and oxygen atoms in total. The molecule has 0 amide bonds. The van der Waals surface area contributed by atoms with Gasteiger partial charge in [0.05, 0.1) is 6.10 Å². The standard InChI is InChI=1S/C11H13O/c1-8-10(11(8)12-2)9-6-4-3-5-7-9/h3-8,10-11H,1H2,2H3/t8-,10+,11+/m0/s1. The molecule has 1 fully saturated rings. The van der Waals surface area contributed by atoms with Crippen LogP contribution in [-0.4, -0.2) is 13.2 Å². The Morgan fingerprint density at radius 3 is 2.42 bits per heavy atom. The number of benzene rings is 1. The minimum atomic E-state index is 0.340. The lowest BCUT2D eigenvalue weighted by Crippen LogP contribution is -1.90. The van der Waals surface area contributed by atoms with Gasteiger partial charge in [0.2, 0.25) is 0 Å². The summed E-state index contributed by atoms with van der Waals surface area (Å²) in [7, 11) is 1.76. The van der Waals surface area contributed by atoms with E-state index in [0.717, 1.165) is 0 Å². The Labute approximate surface area is 73.4 Å². The zero-order valence-electron chi connectivity index (χ0n) is 7.23. The number of hydrogen-bond acceptors (Lipinski definition) is 1. The molecule has 2 rings (SSSR count). The largest absolute Gasteiger partial charge is 0.380 e. The molecule has 1 saturated carbocycles. The van der Waals surface area contributed by atoms with Crippen LogP contribution in [0.15, 0.2) is 30.3 Å². The average Bonchev–Trinajstić information content (AvgIpc) is 2.78. The summed E-state index contributed by atoms with van der Waals surface area (Å²) in [6, 6.07) is 10.4. The predicted octanol–water partition coefficient (Wildman–Crippen LogP) is 2.25. The van der Waals surface area contributed by atoms with Crippen LogP contribution in [-0.2, 0) is 4.74 Å². The van der Waals surface area contributed by atoms with E-state index >= 15 is 0 Å². The van der Waals surface area contributed by atoms with E-state index < -0.39 is 0 Å². The summed E-state index contributed by atoms with van der Waals surface area (Å²) >= 11 is 0. The van der Waals surface area contributed by atoms with Crippen molar-refractivity contribution in [2.24, 2.45) is 5.92 Å². The van der Waals surface area contributed by atoms with Crippen molar-refractivity contribution in [3.8, 4) is 0 Å². The molecule has 0 heterocycles. The van der Waals surface area contributed by atoms with Gasteiger partial charge in [-0.3, -0.25) is 0 Å². The molecule has 3 atom stereocenters. The van der Waals surface area contributed by atoms with Crippen molar-refractivity contribution in [3.63, 3.8) is 0 Å². The third kappa shape index (κ3) is 1.14. The molecule has 12 heavy (non-hydrogen) atoms. The molecule has 0 spiro atoms. The van der Waals surface area contributed by atoms with Crippen LogP contribution in [0.5, 0.6) is 0 Å². The topological polar surface area (TPSA) is 9.23 Å². The molecule has 1 aromatic carbocycles. The van der Waals surface area contributed by atoms with Crippen molar-refractivity contribution >= 4 is 0 Å². The molecule has 1 heteroatoms. The molecule has 1 radical (unpaired) electrons. The molecule has 0 aromatic heterocycles. The molecule has 63 valence electrons. The zero-order valence-corrected chi connectivity index (χ0v) is 7.23.